The summed E-state index contributed by atoms with van der Waals surface area (Å²) in [6.07, 6.45) is 3.92. The molecule has 2 aromatic heterocycles. The Kier molecular flexibility index (Phi) is 5.11. The zero-order valence-corrected chi connectivity index (χ0v) is 15.3. The van der Waals surface area contributed by atoms with E-state index >= 15 is 0 Å². The van der Waals surface area contributed by atoms with E-state index in [-0.39, 0.29) is 5.91 Å². The third kappa shape index (κ3) is 3.55. The van der Waals surface area contributed by atoms with Crippen LogP contribution >= 0.6 is 23.2 Å². The van der Waals surface area contributed by atoms with Gasteiger partial charge in [-0.05, 0) is 17.7 Å². The topological polar surface area (TPSA) is 73.9 Å². The third-order valence-corrected chi connectivity index (χ3v) is 4.81. The summed E-state index contributed by atoms with van der Waals surface area (Å²) in [7, 11) is 3.50. The second kappa shape index (κ2) is 7.29. The number of hydrogen-bond acceptors (Lipinski definition) is 4. The van der Waals surface area contributed by atoms with Gasteiger partial charge in [-0.25, -0.2) is 4.98 Å². The highest BCUT2D eigenvalue weighted by atomic mass is 35.5. The molecule has 2 N–H and O–H groups in total. The zero-order chi connectivity index (χ0) is 18.0. The summed E-state index contributed by atoms with van der Waals surface area (Å²) in [5.41, 5.74) is 2.49. The van der Waals surface area contributed by atoms with Crippen LogP contribution in [0.1, 0.15) is 6.42 Å². The molecular weight excluding hydrogens is 361 g/mol. The number of fused-ring (bicyclic) bond motifs is 1. The molecule has 0 fully saturated rings. The first-order chi connectivity index (χ1) is 12.0. The van der Waals surface area contributed by atoms with Crippen LogP contribution in [0.4, 0.5) is 5.82 Å². The molecule has 6 nitrogen and oxygen atoms in total. The van der Waals surface area contributed by atoms with Gasteiger partial charge in [-0.1, -0.05) is 29.3 Å². The van der Waals surface area contributed by atoms with Crippen LogP contribution in [0.2, 0.25) is 10.0 Å². The van der Waals surface area contributed by atoms with Gasteiger partial charge in [0.15, 0.2) is 0 Å². The predicted molar refractivity (Wildman–Crippen MR) is 101 cm³/mol. The summed E-state index contributed by atoms with van der Waals surface area (Å²) >= 11 is 12.5. The van der Waals surface area contributed by atoms with Crippen molar-refractivity contribution in [2.24, 2.45) is 0 Å². The smallest absolute Gasteiger partial charge is 0.221 e. The van der Waals surface area contributed by atoms with E-state index in [9.17, 15) is 4.79 Å². The molecule has 0 aliphatic carbocycles. The number of hydrogen-bond donors (Lipinski definition) is 2. The number of halogens is 2. The second-order valence-electron chi connectivity index (χ2n) is 5.62. The highest BCUT2D eigenvalue weighted by Crippen LogP contribution is 2.37. The first kappa shape index (κ1) is 17.5. The first-order valence-corrected chi connectivity index (χ1v) is 8.46. The predicted octanol–water partition coefficient (Wildman–Crippen LogP) is 3.50. The minimum absolute atomic E-state index is 0.0243. The number of carbonyl (C=O) groups excluding carboxylic acids is 1. The van der Waals surface area contributed by atoms with Gasteiger partial charge < -0.3 is 10.2 Å². The average molecular weight is 378 g/mol. The number of carbonyl (C=O) groups is 1. The Morgan fingerprint density at radius 1 is 1.36 bits per heavy atom. The quantitative estimate of drug-likeness (QED) is 0.713. The van der Waals surface area contributed by atoms with Crippen molar-refractivity contribution in [1.29, 1.82) is 0 Å². The van der Waals surface area contributed by atoms with Crippen LogP contribution in [0.3, 0.4) is 0 Å². The number of aromatic amines is 1. The van der Waals surface area contributed by atoms with Gasteiger partial charge in [0.05, 0.1) is 21.8 Å². The van der Waals surface area contributed by atoms with Gasteiger partial charge in [-0.3, -0.25) is 9.89 Å². The number of pyridine rings is 1. The maximum atomic E-state index is 11.5. The molecule has 0 aliphatic heterocycles. The fourth-order valence-electron chi connectivity index (χ4n) is 2.56. The van der Waals surface area contributed by atoms with Crippen molar-refractivity contribution in [2.45, 2.75) is 6.42 Å². The van der Waals surface area contributed by atoms with Crippen molar-refractivity contribution in [2.75, 3.05) is 25.5 Å². The van der Waals surface area contributed by atoms with Crippen LogP contribution < -0.4 is 10.2 Å². The monoisotopic (exact) mass is 377 g/mol. The van der Waals surface area contributed by atoms with E-state index < -0.39 is 0 Å². The van der Waals surface area contributed by atoms with Crippen molar-refractivity contribution in [3.05, 3.63) is 40.6 Å². The molecule has 0 aliphatic rings. The lowest BCUT2D eigenvalue weighted by atomic mass is 10.0. The molecule has 1 aromatic carbocycles. The van der Waals surface area contributed by atoms with Crippen LogP contribution in [-0.4, -0.2) is 41.7 Å². The molecular formula is C17H17Cl2N5O. The lowest BCUT2D eigenvalue weighted by Gasteiger charge is -2.20. The van der Waals surface area contributed by atoms with Crippen LogP contribution in [0.25, 0.3) is 22.0 Å². The number of rotatable bonds is 5. The second-order valence-corrected chi connectivity index (χ2v) is 6.40. The Morgan fingerprint density at radius 3 is 2.84 bits per heavy atom. The average Bonchev–Trinajstić information content (AvgIpc) is 3.16. The third-order valence-electron chi connectivity index (χ3n) is 4.01. The number of nitrogens with one attached hydrogen (secondary N) is 2. The largest absolute Gasteiger partial charge is 0.359 e. The van der Waals surface area contributed by atoms with Crippen LogP contribution in [0.15, 0.2) is 30.6 Å². The Labute approximate surface area is 155 Å². The molecule has 0 bridgehead atoms. The fraction of sp³-hybridized carbons (Fsp3) is 0.235. The Bertz CT molecular complexity index is 911. The number of aromatic nitrogens is 3. The van der Waals surface area contributed by atoms with Crippen molar-refractivity contribution in [1.82, 2.24) is 20.5 Å². The molecule has 0 saturated heterocycles. The standard InChI is InChI=1S/C17H17Cl2N5O/c1-20-15(25)5-6-24(2)14-7-12(10-8-21-22-9-10)11-3-4-13(18)16(19)17(11)23-14/h3-4,7-9H,5-6H2,1-2H3,(H,20,25)(H,21,22). The number of H-pyrrole nitrogens is 1. The molecule has 0 atom stereocenters. The van der Waals surface area contributed by atoms with Gasteiger partial charge in [-0.2, -0.15) is 5.10 Å². The lowest BCUT2D eigenvalue weighted by Crippen LogP contribution is -2.26. The van der Waals surface area contributed by atoms with Gasteiger partial charge in [0.25, 0.3) is 0 Å². The van der Waals surface area contributed by atoms with Crippen LogP contribution in [-0.2, 0) is 4.79 Å². The lowest BCUT2D eigenvalue weighted by molar-refractivity contribution is -0.120. The van der Waals surface area contributed by atoms with E-state index in [1.807, 2.05) is 30.3 Å². The minimum Gasteiger partial charge on any atom is -0.359 e. The molecule has 3 aromatic rings. The zero-order valence-electron chi connectivity index (χ0n) is 13.8. The van der Waals surface area contributed by atoms with Crippen molar-refractivity contribution in [3.8, 4) is 11.1 Å². The van der Waals surface area contributed by atoms with Crippen LogP contribution in [0, 0.1) is 0 Å². The molecule has 0 radical (unpaired) electrons. The maximum absolute atomic E-state index is 11.5. The van der Waals surface area contributed by atoms with Gasteiger partial charge in [0.1, 0.15) is 5.82 Å². The molecule has 25 heavy (non-hydrogen) atoms. The van der Waals surface area contributed by atoms with E-state index in [1.54, 1.807) is 19.3 Å². The summed E-state index contributed by atoms with van der Waals surface area (Å²) in [5, 5.41) is 11.2. The Hall–Kier alpha value is -2.31. The van der Waals surface area contributed by atoms with E-state index in [1.165, 1.54) is 0 Å². The molecule has 0 unspecified atom stereocenters. The molecule has 8 heteroatoms. The highest BCUT2D eigenvalue weighted by molar-refractivity contribution is 6.45. The van der Waals surface area contributed by atoms with E-state index in [0.717, 1.165) is 16.5 Å². The number of amides is 1. The van der Waals surface area contributed by atoms with Crippen molar-refractivity contribution in [3.63, 3.8) is 0 Å². The van der Waals surface area contributed by atoms with Gasteiger partial charge in [0, 0.05) is 44.2 Å². The molecule has 0 spiro atoms. The Balaban J connectivity index is 2.10. The summed E-state index contributed by atoms with van der Waals surface area (Å²) in [5.74, 6) is 0.681. The van der Waals surface area contributed by atoms with E-state index in [4.69, 9.17) is 23.2 Å². The van der Waals surface area contributed by atoms with E-state index in [2.05, 4.69) is 20.5 Å². The molecule has 0 saturated carbocycles. The SMILES string of the molecule is CNC(=O)CCN(C)c1cc(-c2cn[nH]c2)c2ccc(Cl)c(Cl)c2n1. The summed E-state index contributed by atoms with van der Waals surface area (Å²) in [6.45, 7) is 0.529. The molecule has 130 valence electrons. The van der Waals surface area contributed by atoms with E-state index in [0.29, 0.717) is 34.3 Å². The Morgan fingerprint density at radius 2 is 2.16 bits per heavy atom. The highest BCUT2D eigenvalue weighted by Gasteiger charge is 2.15. The number of anilines is 1. The first-order valence-electron chi connectivity index (χ1n) is 7.71. The molecule has 1 amide bonds. The van der Waals surface area contributed by atoms with Crippen molar-refractivity contribution < 1.29 is 4.79 Å². The van der Waals surface area contributed by atoms with Gasteiger partial charge in [0.2, 0.25) is 5.91 Å². The maximum Gasteiger partial charge on any atom is 0.221 e. The number of benzene rings is 1. The van der Waals surface area contributed by atoms with Gasteiger partial charge in [-0.15, -0.1) is 0 Å². The summed E-state index contributed by atoms with van der Waals surface area (Å²) < 4.78 is 0. The normalized spacial score (nSPS) is 10.9. The van der Waals surface area contributed by atoms with Crippen molar-refractivity contribution >= 4 is 45.8 Å². The van der Waals surface area contributed by atoms with Gasteiger partial charge >= 0.3 is 0 Å². The van der Waals surface area contributed by atoms with Crippen LogP contribution in [0.5, 0.6) is 0 Å². The number of nitrogens with zero attached hydrogens (tertiary/aromatic N) is 3. The summed E-state index contributed by atoms with van der Waals surface area (Å²) in [4.78, 5) is 18.1. The minimum atomic E-state index is -0.0243. The fourth-order valence-corrected chi connectivity index (χ4v) is 2.92. The molecule has 3 rings (SSSR count). The molecule has 2 heterocycles. The summed E-state index contributed by atoms with van der Waals surface area (Å²) in [6, 6.07) is 5.61.